The highest BCUT2D eigenvalue weighted by atomic mass is 32.1. The number of benzene rings is 1. The third kappa shape index (κ3) is 3.23. The zero-order valence-corrected chi connectivity index (χ0v) is 12.6. The van der Waals surface area contributed by atoms with Crippen LogP contribution in [0.3, 0.4) is 0 Å². The molecule has 0 saturated heterocycles. The molecule has 1 aromatic heterocycles. The van der Waals surface area contributed by atoms with E-state index in [1.807, 2.05) is 13.0 Å². The molecule has 0 radical (unpaired) electrons. The first kappa shape index (κ1) is 14.2. The molecule has 0 fully saturated rings. The van der Waals surface area contributed by atoms with Gasteiger partial charge in [-0.2, -0.15) is 0 Å². The molecule has 0 aliphatic heterocycles. The minimum Gasteiger partial charge on any atom is -0.320 e. The lowest BCUT2D eigenvalue weighted by Gasteiger charge is -2.16. The van der Waals surface area contributed by atoms with Crippen molar-refractivity contribution in [2.75, 3.05) is 0 Å². The van der Waals surface area contributed by atoms with Crippen LogP contribution in [0.5, 0.6) is 0 Å². The first-order valence-electron chi connectivity index (χ1n) is 6.40. The molecule has 102 valence electrons. The van der Waals surface area contributed by atoms with E-state index < -0.39 is 0 Å². The lowest BCUT2D eigenvalue weighted by molar-refractivity contribution is 0.604. The van der Waals surface area contributed by atoms with Crippen LogP contribution in [-0.2, 0) is 5.41 Å². The van der Waals surface area contributed by atoms with Crippen LogP contribution in [-0.4, -0.2) is 0 Å². The lowest BCUT2D eigenvalue weighted by Crippen LogP contribution is -2.11. The molecule has 0 aliphatic rings. The van der Waals surface area contributed by atoms with Gasteiger partial charge in [0.2, 0.25) is 0 Å². The Hall–Kier alpha value is -1.19. The van der Waals surface area contributed by atoms with Crippen molar-refractivity contribution in [1.82, 2.24) is 0 Å². The van der Waals surface area contributed by atoms with Crippen LogP contribution in [0.25, 0.3) is 0 Å². The quantitative estimate of drug-likeness (QED) is 0.856. The predicted molar refractivity (Wildman–Crippen MR) is 80.2 cm³/mol. The normalized spacial score (nSPS) is 13.6. The van der Waals surface area contributed by atoms with Gasteiger partial charge < -0.3 is 5.73 Å². The summed E-state index contributed by atoms with van der Waals surface area (Å²) in [5.74, 6) is -0.224. The Kier molecular flexibility index (Phi) is 3.79. The van der Waals surface area contributed by atoms with Crippen molar-refractivity contribution in [3.05, 3.63) is 57.0 Å². The first-order chi connectivity index (χ1) is 8.77. The van der Waals surface area contributed by atoms with Crippen molar-refractivity contribution in [1.29, 1.82) is 0 Å². The van der Waals surface area contributed by atoms with Crippen molar-refractivity contribution in [2.45, 2.75) is 39.2 Å². The van der Waals surface area contributed by atoms with Gasteiger partial charge in [0, 0.05) is 9.75 Å². The molecule has 2 rings (SSSR count). The Morgan fingerprint density at radius 1 is 1.16 bits per heavy atom. The average molecular weight is 277 g/mol. The second kappa shape index (κ2) is 5.06. The second-order valence-electron chi connectivity index (χ2n) is 5.99. The van der Waals surface area contributed by atoms with E-state index in [4.69, 9.17) is 5.73 Å². The van der Waals surface area contributed by atoms with Gasteiger partial charge in [-0.15, -0.1) is 11.3 Å². The summed E-state index contributed by atoms with van der Waals surface area (Å²) in [6, 6.07) is 8.90. The molecule has 0 saturated carbocycles. The molecular formula is C16H20FNS. The number of halogens is 1. The fourth-order valence-corrected chi connectivity index (χ4v) is 3.13. The summed E-state index contributed by atoms with van der Waals surface area (Å²) in [6.07, 6.45) is 0. The highest BCUT2D eigenvalue weighted by molar-refractivity contribution is 7.12. The van der Waals surface area contributed by atoms with E-state index in [1.54, 1.807) is 11.3 Å². The molecule has 1 atom stereocenters. The van der Waals surface area contributed by atoms with Crippen molar-refractivity contribution >= 4 is 11.3 Å². The second-order valence-corrected chi connectivity index (χ2v) is 7.11. The molecule has 0 amide bonds. The van der Waals surface area contributed by atoms with Gasteiger partial charge in [0.1, 0.15) is 5.82 Å². The van der Waals surface area contributed by atoms with Crippen LogP contribution in [0.15, 0.2) is 30.3 Å². The first-order valence-corrected chi connectivity index (χ1v) is 7.22. The molecule has 19 heavy (non-hydrogen) atoms. The summed E-state index contributed by atoms with van der Waals surface area (Å²) in [5, 5.41) is 0. The fourth-order valence-electron chi connectivity index (χ4n) is 2.03. The number of rotatable bonds is 2. The van der Waals surface area contributed by atoms with Gasteiger partial charge in [0.05, 0.1) is 6.04 Å². The van der Waals surface area contributed by atoms with Gasteiger partial charge in [-0.05, 0) is 47.7 Å². The third-order valence-corrected chi connectivity index (χ3v) is 4.69. The van der Waals surface area contributed by atoms with E-state index in [-0.39, 0.29) is 17.3 Å². The monoisotopic (exact) mass is 277 g/mol. The molecule has 0 bridgehead atoms. The highest BCUT2D eigenvalue weighted by Crippen LogP contribution is 2.33. The molecule has 1 aromatic carbocycles. The Morgan fingerprint density at radius 2 is 1.84 bits per heavy atom. The van der Waals surface area contributed by atoms with Gasteiger partial charge in [0.25, 0.3) is 0 Å². The van der Waals surface area contributed by atoms with E-state index in [0.717, 1.165) is 16.0 Å². The zero-order valence-electron chi connectivity index (χ0n) is 11.8. The molecule has 2 N–H and O–H groups in total. The summed E-state index contributed by atoms with van der Waals surface area (Å²) in [5.41, 5.74) is 8.11. The third-order valence-electron chi connectivity index (χ3n) is 3.10. The van der Waals surface area contributed by atoms with Crippen LogP contribution in [0, 0.1) is 12.7 Å². The SMILES string of the molecule is Cc1cc(F)cc(C(N)c2ccc(C(C)(C)C)s2)c1. The Morgan fingerprint density at radius 3 is 2.37 bits per heavy atom. The topological polar surface area (TPSA) is 26.0 Å². The molecule has 0 spiro atoms. The molecule has 1 nitrogen and oxygen atoms in total. The lowest BCUT2D eigenvalue weighted by atomic mass is 9.95. The standard InChI is InChI=1S/C16H20FNS/c1-10-7-11(9-12(17)8-10)15(18)13-5-6-14(19-13)16(2,3)4/h5-9,15H,18H2,1-4H3. The summed E-state index contributed by atoms with van der Waals surface area (Å²) in [4.78, 5) is 2.38. The Bertz CT molecular complexity index is 560. The summed E-state index contributed by atoms with van der Waals surface area (Å²) < 4.78 is 13.4. The Balaban J connectivity index is 2.33. The number of hydrogen-bond acceptors (Lipinski definition) is 2. The largest absolute Gasteiger partial charge is 0.320 e. The van der Waals surface area contributed by atoms with Crippen LogP contribution in [0.1, 0.15) is 47.7 Å². The van der Waals surface area contributed by atoms with Crippen LogP contribution >= 0.6 is 11.3 Å². The maximum absolute atomic E-state index is 13.4. The molecule has 3 heteroatoms. The smallest absolute Gasteiger partial charge is 0.123 e. The van der Waals surface area contributed by atoms with Crippen LogP contribution in [0.2, 0.25) is 0 Å². The minimum absolute atomic E-state index is 0.125. The molecule has 0 aliphatic carbocycles. The van der Waals surface area contributed by atoms with Crippen molar-refractivity contribution < 1.29 is 4.39 Å². The van der Waals surface area contributed by atoms with Gasteiger partial charge in [-0.1, -0.05) is 26.8 Å². The van der Waals surface area contributed by atoms with E-state index in [1.165, 1.54) is 17.0 Å². The number of thiophene rings is 1. The van der Waals surface area contributed by atoms with Gasteiger partial charge in [-0.3, -0.25) is 0 Å². The number of hydrogen-bond donors (Lipinski definition) is 1. The Labute approximate surface area is 118 Å². The maximum atomic E-state index is 13.4. The summed E-state index contributed by atoms with van der Waals surface area (Å²) in [7, 11) is 0. The zero-order chi connectivity index (χ0) is 14.2. The molecule has 2 aromatic rings. The van der Waals surface area contributed by atoms with E-state index in [9.17, 15) is 4.39 Å². The maximum Gasteiger partial charge on any atom is 0.123 e. The molecule has 1 unspecified atom stereocenters. The van der Waals surface area contributed by atoms with Crippen molar-refractivity contribution in [2.24, 2.45) is 5.73 Å². The van der Waals surface area contributed by atoms with E-state index in [0.29, 0.717) is 0 Å². The minimum atomic E-state index is -0.254. The molecule has 1 heterocycles. The van der Waals surface area contributed by atoms with Crippen molar-refractivity contribution in [3.8, 4) is 0 Å². The van der Waals surface area contributed by atoms with E-state index in [2.05, 4.69) is 32.9 Å². The summed E-state index contributed by atoms with van der Waals surface area (Å²) in [6.45, 7) is 8.43. The average Bonchev–Trinajstić information content (AvgIpc) is 2.75. The molecular weight excluding hydrogens is 257 g/mol. The number of nitrogens with two attached hydrogens (primary N) is 1. The highest BCUT2D eigenvalue weighted by Gasteiger charge is 2.19. The van der Waals surface area contributed by atoms with Gasteiger partial charge in [0.15, 0.2) is 0 Å². The van der Waals surface area contributed by atoms with Gasteiger partial charge in [-0.25, -0.2) is 4.39 Å². The predicted octanol–water partition coefficient (Wildman–Crippen LogP) is 4.54. The summed E-state index contributed by atoms with van der Waals surface area (Å²) >= 11 is 1.71. The van der Waals surface area contributed by atoms with Gasteiger partial charge >= 0.3 is 0 Å². The number of aryl methyl sites for hydroxylation is 1. The van der Waals surface area contributed by atoms with E-state index >= 15 is 0 Å². The van der Waals surface area contributed by atoms with Crippen LogP contribution < -0.4 is 5.73 Å². The van der Waals surface area contributed by atoms with Crippen LogP contribution in [0.4, 0.5) is 4.39 Å². The fraction of sp³-hybridized carbons (Fsp3) is 0.375. The van der Waals surface area contributed by atoms with Crippen molar-refractivity contribution in [3.63, 3.8) is 0 Å².